The first-order chi connectivity index (χ1) is 13.5. The van der Waals surface area contributed by atoms with Crippen LogP contribution in [0, 0.1) is 15.9 Å². The maximum atomic E-state index is 13.2. The van der Waals surface area contributed by atoms with Crippen LogP contribution in [0.25, 0.3) is 5.57 Å². The van der Waals surface area contributed by atoms with Crippen molar-refractivity contribution in [2.24, 2.45) is 0 Å². The zero-order valence-electron chi connectivity index (χ0n) is 15.6. The molecule has 0 aromatic heterocycles. The fourth-order valence-electron chi connectivity index (χ4n) is 2.58. The van der Waals surface area contributed by atoms with Crippen molar-refractivity contribution in [3.05, 3.63) is 88.3 Å². The largest absolute Gasteiger partial charge is 0.423 e. The lowest BCUT2D eigenvalue weighted by Gasteiger charge is -2.07. The Balaban J connectivity index is 2.04. The lowest BCUT2D eigenvalue weighted by Crippen LogP contribution is -2.03. The number of hydrogen-bond acceptors (Lipinski definition) is 4. The summed E-state index contributed by atoms with van der Waals surface area (Å²) in [6, 6.07) is 11.5. The molecule has 0 saturated carbocycles. The Labute approximate surface area is 163 Å². The average molecular weight is 383 g/mol. The van der Waals surface area contributed by atoms with Crippen LogP contribution in [0.15, 0.2) is 66.8 Å². The summed E-state index contributed by atoms with van der Waals surface area (Å²) in [5.41, 5.74) is 1.84. The molecule has 2 aromatic carbocycles. The van der Waals surface area contributed by atoms with Gasteiger partial charge in [0.15, 0.2) is 0 Å². The van der Waals surface area contributed by atoms with Crippen LogP contribution in [0.5, 0.6) is 5.75 Å². The Bertz CT molecular complexity index is 855. The van der Waals surface area contributed by atoms with Crippen LogP contribution in [0.4, 0.5) is 10.1 Å². The minimum absolute atomic E-state index is 0.0747. The summed E-state index contributed by atoms with van der Waals surface area (Å²) in [5.74, 6) is -0.651. The summed E-state index contributed by atoms with van der Waals surface area (Å²) in [6.07, 6.45) is 8.70. The maximum Gasteiger partial charge on any atom is 0.336 e. The van der Waals surface area contributed by atoms with Crippen molar-refractivity contribution >= 4 is 17.2 Å². The van der Waals surface area contributed by atoms with Gasteiger partial charge in [-0.1, -0.05) is 44.1 Å². The van der Waals surface area contributed by atoms with Crippen molar-refractivity contribution < 1.29 is 18.8 Å². The van der Waals surface area contributed by atoms with Gasteiger partial charge in [0.2, 0.25) is 0 Å². The highest BCUT2D eigenvalue weighted by atomic mass is 19.1. The second-order valence-corrected chi connectivity index (χ2v) is 6.19. The minimum Gasteiger partial charge on any atom is -0.423 e. The molecule has 28 heavy (non-hydrogen) atoms. The zero-order valence-corrected chi connectivity index (χ0v) is 15.6. The van der Waals surface area contributed by atoms with E-state index in [0.717, 1.165) is 36.8 Å². The van der Waals surface area contributed by atoms with Crippen molar-refractivity contribution in [1.29, 1.82) is 0 Å². The second kappa shape index (κ2) is 10.8. The molecule has 0 atom stereocenters. The van der Waals surface area contributed by atoms with Crippen LogP contribution in [0.2, 0.25) is 0 Å². The zero-order chi connectivity index (χ0) is 20.4. The van der Waals surface area contributed by atoms with E-state index in [1.165, 1.54) is 42.5 Å². The summed E-state index contributed by atoms with van der Waals surface area (Å²) in [6.45, 7) is 2.12. The molecule has 0 fully saturated rings. The van der Waals surface area contributed by atoms with E-state index in [9.17, 15) is 19.3 Å². The second-order valence-electron chi connectivity index (χ2n) is 6.19. The minimum atomic E-state index is -0.586. The molecule has 0 saturated heterocycles. The van der Waals surface area contributed by atoms with Gasteiger partial charge >= 0.3 is 5.97 Å². The first kappa shape index (κ1) is 21.0. The lowest BCUT2D eigenvalue weighted by atomic mass is 9.99. The van der Waals surface area contributed by atoms with Crippen LogP contribution in [0.3, 0.4) is 0 Å². The van der Waals surface area contributed by atoms with Crippen molar-refractivity contribution in [2.45, 2.75) is 32.6 Å². The van der Waals surface area contributed by atoms with E-state index < -0.39 is 10.9 Å². The number of nitro groups is 1. The number of benzene rings is 2. The summed E-state index contributed by atoms with van der Waals surface area (Å²) in [5, 5.41) is 10.6. The van der Waals surface area contributed by atoms with Gasteiger partial charge in [0.25, 0.3) is 5.69 Å². The fraction of sp³-hybridized carbons (Fsp3) is 0.227. The third-order valence-corrected chi connectivity index (χ3v) is 4.06. The summed E-state index contributed by atoms with van der Waals surface area (Å²) in [4.78, 5) is 22.0. The molecule has 0 amide bonds. The Morgan fingerprint density at radius 2 is 1.79 bits per heavy atom. The average Bonchev–Trinajstić information content (AvgIpc) is 2.68. The van der Waals surface area contributed by atoms with Crippen molar-refractivity contribution in [1.82, 2.24) is 0 Å². The number of carbonyl (C=O) groups is 1. The van der Waals surface area contributed by atoms with Crippen molar-refractivity contribution in [3.63, 3.8) is 0 Å². The van der Waals surface area contributed by atoms with Crippen LogP contribution in [-0.4, -0.2) is 10.9 Å². The highest BCUT2D eigenvalue weighted by Crippen LogP contribution is 2.22. The molecule has 0 unspecified atom stereocenters. The number of hydrogen-bond donors (Lipinski definition) is 0. The van der Waals surface area contributed by atoms with Gasteiger partial charge in [-0.05, 0) is 48.2 Å². The number of unbranched alkanes of at least 4 members (excludes halogenated alkanes) is 2. The maximum absolute atomic E-state index is 13.2. The molecular formula is C22H22FNO4. The van der Waals surface area contributed by atoms with Gasteiger partial charge in [-0.25, -0.2) is 9.18 Å². The third kappa shape index (κ3) is 6.79. The highest BCUT2D eigenvalue weighted by Gasteiger charge is 2.06. The standard InChI is InChI=1S/C22H22FNO4/c1-2-3-4-6-17(18-9-11-19(23)12-10-18)7-5-8-22(25)28-21-15-13-20(14-16-21)24(26)27/h5,7-16H,2-4,6H2,1H3. The number of nitrogens with zero attached hydrogens (tertiary/aromatic N) is 1. The van der Waals surface area contributed by atoms with Crippen molar-refractivity contribution in [2.75, 3.05) is 0 Å². The van der Waals surface area contributed by atoms with E-state index in [1.54, 1.807) is 18.2 Å². The van der Waals surface area contributed by atoms with Crippen LogP contribution in [0.1, 0.15) is 38.2 Å². The summed E-state index contributed by atoms with van der Waals surface area (Å²) >= 11 is 0. The molecule has 0 spiro atoms. The van der Waals surface area contributed by atoms with Gasteiger partial charge in [0.05, 0.1) is 4.92 Å². The normalized spacial score (nSPS) is 11.6. The number of allylic oxidation sites excluding steroid dienone is 3. The first-order valence-electron chi connectivity index (χ1n) is 9.09. The van der Waals surface area contributed by atoms with E-state index in [4.69, 9.17) is 4.74 Å². The topological polar surface area (TPSA) is 69.4 Å². The number of esters is 1. The smallest absolute Gasteiger partial charge is 0.336 e. The fourth-order valence-corrected chi connectivity index (χ4v) is 2.58. The molecule has 0 aliphatic carbocycles. The number of nitro benzene ring substituents is 1. The molecule has 2 aromatic rings. The first-order valence-corrected chi connectivity index (χ1v) is 9.09. The summed E-state index contributed by atoms with van der Waals surface area (Å²) in [7, 11) is 0. The van der Waals surface area contributed by atoms with E-state index >= 15 is 0 Å². The van der Waals surface area contributed by atoms with Gasteiger partial charge in [0.1, 0.15) is 11.6 Å². The molecule has 0 bridgehead atoms. The number of carbonyl (C=O) groups excluding carboxylic acids is 1. The predicted octanol–water partition coefficient (Wildman–Crippen LogP) is 5.86. The van der Waals surface area contributed by atoms with Crippen LogP contribution in [-0.2, 0) is 4.79 Å². The van der Waals surface area contributed by atoms with Gasteiger partial charge < -0.3 is 4.74 Å². The van der Waals surface area contributed by atoms with Gasteiger partial charge in [0, 0.05) is 18.2 Å². The van der Waals surface area contributed by atoms with E-state index in [0.29, 0.717) is 0 Å². The van der Waals surface area contributed by atoms with Gasteiger partial charge in [-0.2, -0.15) is 0 Å². The van der Waals surface area contributed by atoms with Gasteiger partial charge in [-0.3, -0.25) is 10.1 Å². The molecule has 6 heteroatoms. The molecule has 5 nitrogen and oxygen atoms in total. The molecule has 0 aliphatic heterocycles. The van der Waals surface area contributed by atoms with Crippen molar-refractivity contribution in [3.8, 4) is 5.75 Å². The molecule has 0 aliphatic rings. The summed E-state index contributed by atoms with van der Waals surface area (Å²) < 4.78 is 18.3. The van der Waals surface area contributed by atoms with E-state index in [2.05, 4.69) is 6.92 Å². The van der Waals surface area contributed by atoms with Crippen LogP contribution < -0.4 is 4.74 Å². The molecule has 0 heterocycles. The number of ether oxygens (including phenoxy) is 1. The molecule has 0 radical (unpaired) electrons. The molecular weight excluding hydrogens is 361 g/mol. The number of halogens is 1. The Morgan fingerprint density at radius 3 is 2.39 bits per heavy atom. The molecule has 2 rings (SSSR count). The lowest BCUT2D eigenvalue weighted by molar-refractivity contribution is -0.384. The SMILES string of the molecule is CCCCCC(=CC=CC(=O)Oc1ccc([N+](=O)[O-])cc1)c1ccc(F)cc1. The molecule has 0 N–H and O–H groups in total. The molecule has 146 valence electrons. The Hall–Kier alpha value is -3.28. The quantitative estimate of drug-likeness (QED) is 0.103. The van der Waals surface area contributed by atoms with E-state index in [-0.39, 0.29) is 17.3 Å². The van der Waals surface area contributed by atoms with E-state index in [1.807, 2.05) is 6.08 Å². The Kier molecular flexibility index (Phi) is 8.09. The monoisotopic (exact) mass is 383 g/mol. The van der Waals surface area contributed by atoms with Crippen LogP contribution >= 0.6 is 0 Å². The number of rotatable bonds is 9. The predicted molar refractivity (Wildman–Crippen MR) is 106 cm³/mol. The third-order valence-electron chi connectivity index (χ3n) is 4.06. The number of non-ortho nitro benzene ring substituents is 1. The highest BCUT2D eigenvalue weighted by molar-refractivity contribution is 5.85. The Morgan fingerprint density at radius 1 is 1.11 bits per heavy atom. The van der Waals surface area contributed by atoms with Gasteiger partial charge in [-0.15, -0.1) is 0 Å².